The number of carboxylic acids is 1. The smallest absolute Gasteiger partial charge is 0.308 e. The van der Waals surface area contributed by atoms with Gasteiger partial charge in [-0.15, -0.1) is 0 Å². The third-order valence-electron chi connectivity index (χ3n) is 2.24. The quantitative estimate of drug-likeness (QED) is 0.861. The van der Waals surface area contributed by atoms with Crippen molar-refractivity contribution >= 4 is 17.3 Å². The average Bonchev–Trinajstić information content (AvgIpc) is 2.67. The van der Waals surface area contributed by atoms with Crippen LogP contribution in [0.2, 0.25) is 0 Å². The number of nitrogens with one attached hydrogen (secondary N) is 1. The minimum Gasteiger partial charge on any atom is -0.487 e. The maximum atomic E-state index is 11.2. The topological polar surface area (TPSA) is 79.4 Å². The lowest BCUT2D eigenvalue weighted by Crippen LogP contribution is -2.04. The van der Waals surface area contributed by atoms with Gasteiger partial charge in [0.05, 0.1) is 12.1 Å². The van der Waals surface area contributed by atoms with Gasteiger partial charge in [-0.2, -0.15) is 0 Å². The zero-order valence-electron chi connectivity index (χ0n) is 9.38. The van der Waals surface area contributed by atoms with Crippen LogP contribution in [0.3, 0.4) is 0 Å². The Labute approximate surface area is 107 Å². The van der Waals surface area contributed by atoms with Crippen molar-refractivity contribution in [1.82, 2.24) is 4.98 Å². The summed E-state index contributed by atoms with van der Waals surface area (Å²) in [5.74, 6) is -0.294. The summed E-state index contributed by atoms with van der Waals surface area (Å²) in [5.41, 5.74) is 0.524. The van der Waals surface area contributed by atoms with E-state index in [0.717, 1.165) is 11.3 Å². The van der Waals surface area contributed by atoms with Crippen LogP contribution in [0, 0.1) is 0 Å². The molecule has 0 bridgehead atoms. The third-order valence-corrected chi connectivity index (χ3v) is 3.17. The van der Waals surface area contributed by atoms with Crippen LogP contribution in [-0.2, 0) is 17.8 Å². The van der Waals surface area contributed by atoms with Crippen molar-refractivity contribution in [2.75, 3.05) is 0 Å². The summed E-state index contributed by atoms with van der Waals surface area (Å²) in [7, 11) is 0. The second kappa shape index (κ2) is 5.50. The van der Waals surface area contributed by atoms with Crippen LogP contribution in [0.5, 0.6) is 5.75 Å². The number of aromatic amines is 1. The van der Waals surface area contributed by atoms with Gasteiger partial charge in [-0.25, -0.2) is 0 Å². The molecule has 0 radical (unpaired) electrons. The number of rotatable bonds is 5. The Morgan fingerprint density at radius 3 is 2.72 bits per heavy atom. The summed E-state index contributed by atoms with van der Waals surface area (Å²) in [4.78, 5) is 24.7. The SMILES string of the molecule is O=C(O)Cc1sc(=O)[nH]c1COc1ccccc1. The Bertz CT molecular complexity index is 588. The molecule has 0 saturated heterocycles. The van der Waals surface area contributed by atoms with Gasteiger partial charge < -0.3 is 14.8 Å². The van der Waals surface area contributed by atoms with Gasteiger partial charge >= 0.3 is 10.8 Å². The second-order valence-corrected chi connectivity index (χ2v) is 4.66. The van der Waals surface area contributed by atoms with Crippen LogP contribution >= 0.6 is 11.3 Å². The zero-order chi connectivity index (χ0) is 13.0. The van der Waals surface area contributed by atoms with E-state index in [1.54, 1.807) is 12.1 Å². The van der Waals surface area contributed by atoms with Crippen LogP contribution in [0.1, 0.15) is 10.6 Å². The van der Waals surface area contributed by atoms with Crippen molar-refractivity contribution in [3.8, 4) is 5.75 Å². The first-order chi connectivity index (χ1) is 8.65. The van der Waals surface area contributed by atoms with Gasteiger partial charge in [0.25, 0.3) is 0 Å². The molecular formula is C12H11NO4S. The molecule has 2 rings (SSSR count). The minimum atomic E-state index is -0.966. The van der Waals surface area contributed by atoms with Gasteiger partial charge in [0.2, 0.25) is 0 Å². The van der Waals surface area contributed by atoms with Gasteiger partial charge in [0.15, 0.2) is 0 Å². The van der Waals surface area contributed by atoms with E-state index in [1.165, 1.54) is 0 Å². The number of carbonyl (C=O) groups is 1. The van der Waals surface area contributed by atoms with Crippen LogP contribution < -0.4 is 9.61 Å². The number of ether oxygens (including phenoxy) is 1. The van der Waals surface area contributed by atoms with Gasteiger partial charge in [-0.1, -0.05) is 29.5 Å². The Hall–Kier alpha value is -2.08. The molecule has 2 aromatic rings. The number of carboxylic acid groups (broad SMARTS) is 1. The lowest BCUT2D eigenvalue weighted by molar-refractivity contribution is -0.136. The minimum absolute atomic E-state index is 0.158. The van der Waals surface area contributed by atoms with Gasteiger partial charge in [-0.3, -0.25) is 9.59 Å². The van der Waals surface area contributed by atoms with Crippen molar-refractivity contribution in [2.45, 2.75) is 13.0 Å². The highest BCUT2D eigenvalue weighted by Gasteiger charge is 2.12. The molecular weight excluding hydrogens is 254 g/mol. The molecule has 0 spiro atoms. The molecule has 1 aromatic carbocycles. The Morgan fingerprint density at radius 1 is 1.33 bits per heavy atom. The van der Waals surface area contributed by atoms with Gasteiger partial charge in [0, 0.05) is 4.88 Å². The van der Waals surface area contributed by atoms with E-state index in [2.05, 4.69) is 4.98 Å². The fourth-order valence-corrected chi connectivity index (χ4v) is 2.29. The molecule has 0 amide bonds. The van der Waals surface area contributed by atoms with E-state index >= 15 is 0 Å². The lowest BCUT2D eigenvalue weighted by atomic mass is 10.3. The molecule has 0 atom stereocenters. The number of benzene rings is 1. The van der Waals surface area contributed by atoms with Crippen LogP contribution in [-0.4, -0.2) is 16.1 Å². The summed E-state index contributed by atoms with van der Waals surface area (Å²) in [6.07, 6.45) is -0.170. The average molecular weight is 265 g/mol. The number of thiazole rings is 1. The summed E-state index contributed by atoms with van der Waals surface area (Å²) < 4.78 is 5.47. The molecule has 6 heteroatoms. The molecule has 2 N–H and O–H groups in total. The van der Waals surface area contributed by atoms with Gasteiger partial charge in [0.1, 0.15) is 12.4 Å². The lowest BCUT2D eigenvalue weighted by Gasteiger charge is -2.05. The molecule has 0 saturated carbocycles. The summed E-state index contributed by atoms with van der Waals surface area (Å²) in [6, 6.07) is 9.13. The van der Waals surface area contributed by atoms with Crippen molar-refractivity contribution in [2.24, 2.45) is 0 Å². The van der Waals surface area contributed by atoms with Crippen molar-refractivity contribution in [3.05, 3.63) is 50.6 Å². The van der Waals surface area contributed by atoms with Crippen LogP contribution in [0.4, 0.5) is 0 Å². The standard InChI is InChI=1S/C12H11NO4S/c14-11(15)6-10-9(13-12(16)18-10)7-17-8-4-2-1-3-5-8/h1-5H,6-7H2,(H,13,16)(H,14,15). The second-order valence-electron chi connectivity index (χ2n) is 3.59. The molecule has 0 aliphatic rings. The molecule has 94 valence electrons. The highest BCUT2D eigenvalue weighted by atomic mass is 32.1. The normalized spacial score (nSPS) is 10.2. The highest BCUT2D eigenvalue weighted by molar-refractivity contribution is 7.09. The zero-order valence-corrected chi connectivity index (χ0v) is 10.2. The first-order valence-electron chi connectivity index (χ1n) is 5.25. The molecule has 0 fully saturated rings. The number of H-pyrrole nitrogens is 1. The monoisotopic (exact) mass is 265 g/mol. The van der Waals surface area contributed by atoms with E-state index < -0.39 is 5.97 Å². The first-order valence-corrected chi connectivity index (χ1v) is 6.07. The highest BCUT2D eigenvalue weighted by Crippen LogP contribution is 2.15. The fourth-order valence-electron chi connectivity index (χ4n) is 1.46. The largest absolute Gasteiger partial charge is 0.487 e. The van der Waals surface area contributed by atoms with Gasteiger partial charge in [-0.05, 0) is 12.1 Å². The molecule has 5 nitrogen and oxygen atoms in total. The molecule has 0 aliphatic carbocycles. The maximum Gasteiger partial charge on any atom is 0.308 e. The first kappa shape index (κ1) is 12.4. The Balaban J connectivity index is 2.09. The van der Waals surface area contributed by atoms with Crippen LogP contribution in [0.25, 0.3) is 0 Å². The van der Waals surface area contributed by atoms with Crippen molar-refractivity contribution in [3.63, 3.8) is 0 Å². The van der Waals surface area contributed by atoms with Crippen molar-refractivity contribution < 1.29 is 14.6 Å². The summed E-state index contributed by atoms with van der Waals surface area (Å²) in [5, 5.41) is 8.74. The maximum absolute atomic E-state index is 11.2. The predicted octanol–water partition coefficient (Wildman–Crippen LogP) is 1.64. The molecule has 1 aromatic heterocycles. The number of hydrogen-bond donors (Lipinski definition) is 2. The van der Waals surface area contributed by atoms with Crippen LogP contribution in [0.15, 0.2) is 35.1 Å². The predicted molar refractivity (Wildman–Crippen MR) is 67.1 cm³/mol. The Morgan fingerprint density at radius 2 is 2.06 bits per heavy atom. The van der Waals surface area contributed by atoms with E-state index in [4.69, 9.17) is 9.84 Å². The number of para-hydroxylation sites is 1. The summed E-state index contributed by atoms with van der Waals surface area (Å²) >= 11 is 0.906. The fraction of sp³-hybridized carbons (Fsp3) is 0.167. The Kier molecular flexibility index (Phi) is 3.78. The number of aromatic nitrogens is 1. The van der Waals surface area contributed by atoms with E-state index in [9.17, 15) is 9.59 Å². The molecule has 0 aliphatic heterocycles. The molecule has 1 heterocycles. The van der Waals surface area contributed by atoms with E-state index in [-0.39, 0.29) is 17.9 Å². The number of aliphatic carboxylic acids is 1. The van der Waals surface area contributed by atoms with E-state index in [1.807, 2.05) is 18.2 Å². The molecule has 18 heavy (non-hydrogen) atoms. The number of hydrogen-bond acceptors (Lipinski definition) is 4. The molecule has 0 unspecified atom stereocenters. The van der Waals surface area contributed by atoms with Crippen molar-refractivity contribution in [1.29, 1.82) is 0 Å². The summed E-state index contributed by atoms with van der Waals surface area (Å²) in [6.45, 7) is 0.158. The van der Waals surface area contributed by atoms with E-state index in [0.29, 0.717) is 16.3 Å². The third kappa shape index (κ3) is 3.21.